The summed E-state index contributed by atoms with van der Waals surface area (Å²) in [6.45, 7) is 0. The second kappa shape index (κ2) is 6.99. The van der Waals surface area contributed by atoms with Gasteiger partial charge in [0.25, 0.3) is 0 Å². The van der Waals surface area contributed by atoms with Crippen LogP contribution in [0, 0.1) is 5.92 Å². The molecule has 1 fully saturated rings. The van der Waals surface area contributed by atoms with Crippen LogP contribution in [0.25, 0.3) is 0 Å². The van der Waals surface area contributed by atoms with Gasteiger partial charge >= 0.3 is 11.9 Å². The van der Waals surface area contributed by atoms with Crippen molar-refractivity contribution in [2.24, 2.45) is 11.0 Å². The Morgan fingerprint density at radius 2 is 2.12 bits per heavy atom. The van der Waals surface area contributed by atoms with Crippen LogP contribution < -0.4 is 14.9 Å². The number of hydrogen-bond acceptors (Lipinski definition) is 6. The lowest BCUT2D eigenvalue weighted by Gasteiger charge is -2.09. The first kappa shape index (κ1) is 15.8. The number of rotatable bonds is 6. The first-order chi connectivity index (χ1) is 11.7. The predicted molar refractivity (Wildman–Crippen MR) is 85.1 cm³/mol. The number of nitrogens with one attached hydrogen (secondary N) is 1. The SMILES string of the molecule is COc1cc(/C=N\NC(=O)c2ccco2)ccc1OC(=O)C1CC1. The molecule has 0 bridgehead atoms. The Balaban J connectivity index is 1.64. The van der Waals surface area contributed by atoms with E-state index in [9.17, 15) is 9.59 Å². The van der Waals surface area contributed by atoms with E-state index in [0.29, 0.717) is 17.1 Å². The molecular weight excluding hydrogens is 312 g/mol. The molecule has 1 heterocycles. The largest absolute Gasteiger partial charge is 0.493 e. The molecule has 7 heteroatoms. The minimum absolute atomic E-state index is 0.00718. The van der Waals surface area contributed by atoms with Crippen LogP contribution in [-0.2, 0) is 4.79 Å². The highest BCUT2D eigenvalue weighted by Gasteiger charge is 2.32. The number of benzene rings is 1. The Hall–Kier alpha value is -3.09. The fourth-order valence-electron chi connectivity index (χ4n) is 1.99. The molecule has 0 atom stereocenters. The summed E-state index contributed by atoms with van der Waals surface area (Å²) in [6.07, 6.45) is 4.61. The van der Waals surface area contributed by atoms with Gasteiger partial charge in [0.15, 0.2) is 17.3 Å². The number of methoxy groups -OCH3 is 1. The average Bonchev–Trinajstić information content (AvgIpc) is 3.30. The van der Waals surface area contributed by atoms with Gasteiger partial charge in [0, 0.05) is 0 Å². The van der Waals surface area contributed by atoms with Crippen LogP contribution in [0.2, 0.25) is 0 Å². The van der Waals surface area contributed by atoms with Crippen molar-refractivity contribution >= 4 is 18.1 Å². The van der Waals surface area contributed by atoms with Gasteiger partial charge in [-0.25, -0.2) is 5.43 Å². The van der Waals surface area contributed by atoms with Crippen LogP contribution >= 0.6 is 0 Å². The maximum Gasteiger partial charge on any atom is 0.314 e. The third-order valence-corrected chi connectivity index (χ3v) is 3.43. The van der Waals surface area contributed by atoms with Gasteiger partial charge in [0.1, 0.15) is 0 Å². The van der Waals surface area contributed by atoms with Crippen molar-refractivity contribution < 1.29 is 23.5 Å². The van der Waals surface area contributed by atoms with E-state index in [-0.39, 0.29) is 17.6 Å². The van der Waals surface area contributed by atoms with E-state index >= 15 is 0 Å². The number of amides is 1. The van der Waals surface area contributed by atoms with Gasteiger partial charge in [-0.1, -0.05) is 0 Å². The summed E-state index contributed by atoms with van der Waals surface area (Å²) in [5.41, 5.74) is 3.03. The molecule has 1 aliphatic rings. The maximum absolute atomic E-state index is 11.7. The van der Waals surface area contributed by atoms with E-state index < -0.39 is 5.91 Å². The minimum Gasteiger partial charge on any atom is -0.493 e. The zero-order chi connectivity index (χ0) is 16.9. The van der Waals surface area contributed by atoms with Gasteiger partial charge in [-0.15, -0.1) is 0 Å². The zero-order valence-electron chi connectivity index (χ0n) is 13.0. The van der Waals surface area contributed by atoms with Crippen LogP contribution in [0.5, 0.6) is 11.5 Å². The highest BCUT2D eigenvalue weighted by atomic mass is 16.6. The molecule has 1 aromatic carbocycles. The summed E-state index contributed by atoms with van der Waals surface area (Å²) in [7, 11) is 1.49. The molecule has 0 radical (unpaired) electrons. The Kier molecular flexibility index (Phi) is 4.60. The molecule has 24 heavy (non-hydrogen) atoms. The van der Waals surface area contributed by atoms with E-state index in [1.165, 1.54) is 25.7 Å². The summed E-state index contributed by atoms with van der Waals surface area (Å²) < 4.78 is 15.5. The van der Waals surface area contributed by atoms with Crippen LogP contribution in [0.4, 0.5) is 0 Å². The number of furan rings is 1. The van der Waals surface area contributed by atoms with Crippen LogP contribution in [-0.4, -0.2) is 25.2 Å². The first-order valence-corrected chi connectivity index (χ1v) is 7.44. The van der Waals surface area contributed by atoms with Gasteiger partial charge in [-0.3, -0.25) is 9.59 Å². The maximum atomic E-state index is 11.7. The van der Waals surface area contributed by atoms with Crippen molar-refractivity contribution in [2.45, 2.75) is 12.8 Å². The molecule has 0 spiro atoms. The Morgan fingerprint density at radius 1 is 1.29 bits per heavy atom. The molecule has 1 saturated carbocycles. The van der Waals surface area contributed by atoms with Crippen molar-refractivity contribution in [1.29, 1.82) is 0 Å². The molecule has 0 unspecified atom stereocenters. The number of hydrogen-bond donors (Lipinski definition) is 1. The van der Waals surface area contributed by atoms with Gasteiger partial charge in [-0.05, 0) is 48.7 Å². The smallest absolute Gasteiger partial charge is 0.314 e. The van der Waals surface area contributed by atoms with Gasteiger partial charge in [0.05, 0.1) is 25.5 Å². The lowest BCUT2D eigenvalue weighted by Crippen LogP contribution is -2.16. The fourth-order valence-corrected chi connectivity index (χ4v) is 1.99. The lowest BCUT2D eigenvalue weighted by atomic mass is 10.2. The van der Waals surface area contributed by atoms with Crippen LogP contribution in [0.15, 0.2) is 46.1 Å². The van der Waals surface area contributed by atoms with Crippen LogP contribution in [0.3, 0.4) is 0 Å². The van der Waals surface area contributed by atoms with Crippen molar-refractivity contribution in [2.75, 3.05) is 7.11 Å². The molecule has 3 rings (SSSR count). The molecule has 1 amide bonds. The molecule has 1 N–H and O–H groups in total. The molecule has 2 aromatic rings. The molecule has 1 aliphatic carbocycles. The van der Waals surface area contributed by atoms with Gasteiger partial charge < -0.3 is 13.9 Å². The number of esters is 1. The summed E-state index contributed by atoms with van der Waals surface area (Å²) >= 11 is 0. The van der Waals surface area contributed by atoms with E-state index in [1.807, 2.05) is 0 Å². The van der Waals surface area contributed by atoms with E-state index in [0.717, 1.165) is 12.8 Å². The van der Waals surface area contributed by atoms with E-state index in [1.54, 1.807) is 24.3 Å². The highest BCUT2D eigenvalue weighted by Crippen LogP contribution is 2.34. The topological polar surface area (TPSA) is 90.1 Å². The summed E-state index contributed by atoms with van der Waals surface area (Å²) in [6, 6.07) is 8.16. The lowest BCUT2D eigenvalue weighted by molar-refractivity contribution is -0.135. The normalized spacial score (nSPS) is 13.7. The van der Waals surface area contributed by atoms with E-state index in [4.69, 9.17) is 13.9 Å². The minimum atomic E-state index is -0.446. The summed E-state index contributed by atoms with van der Waals surface area (Å²) in [4.78, 5) is 23.4. The molecule has 1 aromatic heterocycles. The molecule has 0 aliphatic heterocycles. The second-order valence-electron chi connectivity index (χ2n) is 5.28. The average molecular weight is 328 g/mol. The molecule has 0 saturated heterocycles. The summed E-state index contributed by atoms with van der Waals surface area (Å²) in [5, 5.41) is 3.85. The van der Waals surface area contributed by atoms with Crippen molar-refractivity contribution in [3.05, 3.63) is 47.9 Å². The fraction of sp³-hybridized carbons (Fsp3) is 0.235. The number of hydrazone groups is 1. The van der Waals surface area contributed by atoms with Gasteiger partial charge in [0.2, 0.25) is 0 Å². The van der Waals surface area contributed by atoms with Crippen molar-refractivity contribution in [3.63, 3.8) is 0 Å². The molecule has 7 nitrogen and oxygen atoms in total. The van der Waals surface area contributed by atoms with Crippen LogP contribution in [0.1, 0.15) is 29.0 Å². The van der Waals surface area contributed by atoms with E-state index in [2.05, 4.69) is 10.5 Å². The zero-order valence-corrected chi connectivity index (χ0v) is 13.0. The first-order valence-electron chi connectivity index (χ1n) is 7.44. The monoisotopic (exact) mass is 328 g/mol. The number of carbonyl (C=O) groups excluding carboxylic acids is 2. The standard InChI is InChI=1S/C17H16N2O5/c1-22-15-9-11(4-7-13(15)24-17(21)12-5-6-12)10-18-19-16(20)14-3-2-8-23-14/h2-4,7-10,12H,5-6H2,1H3,(H,19,20)/b18-10-. The molecule has 124 valence electrons. The quantitative estimate of drug-likeness (QED) is 0.380. The summed E-state index contributed by atoms with van der Waals surface area (Å²) in [5.74, 6) is 0.287. The van der Waals surface area contributed by atoms with Gasteiger partial charge in [-0.2, -0.15) is 5.10 Å². The predicted octanol–water partition coefficient (Wildman–Crippen LogP) is 2.37. The molecular formula is C17H16N2O5. The Bertz CT molecular complexity index is 763. The van der Waals surface area contributed by atoms with Crippen molar-refractivity contribution in [1.82, 2.24) is 5.43 Å². The highest BCUT2D eigenvalue weighted by molar-refractivity contribution is 5.92. The van der Waals surface area contributed by atoms with Crippen molar-refractivity contribution in [3.8, 4) is 11.5 Å². The number of ether oxygens (including phenoxy) is 2. The Morgan fingerprint density at radius 3 is 2.79 bits per heavy atom. The third-order valence-electron chi connectivity index (χ3n) is 3.43. The Labute approximate surface area is 138 Å². The number of carbonyl (C=O) groups is 2. The number of nitrogens with zero attached hydrogens (tertiary/aromatic N) is 1. The second-order valence-corrected chi connectivity index (χ2v) is 5.28. The third kappa shape index (κ3) is 3.81.